The Kier molecular flexibility index (Phi) is 6.28. The van der Waals surface area contributed by atoms with Gasteiger partial charge in [-0.15, -0.1) is 18.5 Å². The summed E-state index contributed by atoms with van der Waals surface area (Å²) in [7, 11) is 8.61. The van der Waals surface area contributed by atoms with E-state index in [1.54, 1.807) is 14.2 Å². The molecule has 4 heteroatoms. The van der Waals surface area contributed by atoms with Crippen LogP contribution in [0.5, 0.6) is 5.75 Å². The highest BCUT2D eigenvalue weighted by Gasteiger charge is 2.04. The maximum absolute atomic E-state index is 5.26. The maximum Gasteiger partial charge on any atom is 0.126 e. The summed E-state index contributed by atoms with van der Waals surface area (Å²) in [6, 6.07) is 6.07. The second kappa shape index (κ2) is 7.48. The minimum atomic E-state index is 0.643. The Balaban J connectivity index is 3.12. The van der Waals surface area contributed by atoms with Crippen LogP contribution in [0.2, 0.25) is 0 Å². The minimum absolute atomic E-state index is 0.643. The van der Waals surface area contributed by atoms with Gasteiger partial charge in [-0.25, -0.2) is 0 Å². The summed E-state index contributed by atoms with van der Waals surface area (Å²) in [6.07, 6.45) is 4.08. The molecule has 0 radical (unpaired) electrons. The third-order valence-corrected chi connectivity index (χ3v) is 3.69. The van der Waals surface area contributed by atoms with Gasteiger partial charge in [0.05, 0.1) is 14.2 Å². The maximum atomic E-state index is 5.26. The molecule has 0 saturated carbocycles. The van der Waals surface area contributed by atoms with Gasteiger partial charge in [0.15, 0.2) is 0 Å². The van der Waals surface area contributed by atoms with Crippen LogP contribution in [0.1, 0.15) is 12.5 Å². The van der Waals surface area contributed by atoms with Gasteiger partial charge in [0.2, 0.25) is 0 Å². The van der Waals surface area contributed by atoms with Crippen LogP contribution < -0.4 is 10.0 Å². The monoisotopic (exact) mass is 294 g/mol. The van der Waals surface area contributed by atoms with E-state index in [1.807, 2.05) is 25.1 Å². The molecule has 1 rings (SSSR count). The summed E-state index contributed by atoms with van der Waals surface area (Å²) in [5.41, 5.74) is 2.23. The topological polar surface area (TPSA) is 18.5 Å². The molecule has 0 aliphatic rings. The molecule has 1 aromatic rings. The zero-order valence-electron chi connectivity index (χ0n) is 11.6. The number of benzene rings is 1. The fourth-order valence-electron chi connectivity index (χ4n) is 1.61. The lowest BCUT2D eigenvalue weighted by Gasteiger charge is -2.10. The van der Waals surface area contributed by atoms with E-state index < -0.39 is 0 Å². The van der Waals surface area contributed by atoms with Crippen molar-refractivity contribution in [1.29, 1.82) is 0 Å². The Morgan fingerprint density at radius 2 is 2.00 bits per heavy atom. The smallest absolute Gasteiger partial charge is 0.126 e. The lowest BCUT2D eigenvalue weighted by Crippen LogP contribution is -1.99. The van der Waals surface area contributed by atoms with Gasteiger partial charge in [0.25, 0.3) is 0 Å². The first-order chi connectivity index (χ1) is 9.03. The molecular formula is C15H20O2P2. The molecule has 0 aliphatic carbocycles. The van der Waals surface area contributed by atoms with Gasteiger partial charge in [-0.05, 0) is 36.3 Å². The first kappa shape index (κ1) is 16.0. The van der Waals surface area contributed by atoms with E-state index in [-0.39, 0.29) is 0 Å². The largest absolute Gasteiger partial charge is 0.497 e. The van der Waals surface area contributed by atoms with Crippen LogP contribution in [-0.4, -0.2) is 14.2 Å². The quantitative estimate of drug-likeness (QED) is 0.470. The van der Waals surface area contributed by atoms with E-state index in [2.05, 4.69) is 37.2 Å². The fraction of sp³-hybridized carbons (Fsp3) is 0.200. The standard InChI is InChI=1S/C15H20O2P2/c1-5-11(8-14(18)10(2)16-3)12-6-7-13(17-4)15(19)9-12/h5-9H,2,18-19H2,1,3-4H3/b11-5+,14-8+. The first-order valence-electron chi connectivity index (χ1n) is 5.84. The number of methoxy groups -OCH3 is 2. The lowest BCUT2D eigenvalue weighted by atomic mass is 10.0. The van der Waals surface area contributed by atoms with E-state index in [4.69, 9.17) is 9.47 Å². The Morgan fingerprint density at radius 1 is 1.32 bits per heavy atom. The van der Waals surface area contributed by atoms with Crippen molar-refractivity contribution in [2.45, 2.75) is 6.92 Å². The highest BCUT2D eigenvalue weighted by atomic mass is 31.0. The summed E-state index contributed by atoms with van der Waals surface area (Å²) in [6.45, 7) is 5.84. The van der Waals surface area contributed by atoms with Crippen molar-refractivity contribution in [3.8, 4) is 5.75 Å². The third-order valence-electron chi connectivity index (χ3n) is 2.75. The molecule has 2 unspecified atom stereocenters. The summed E-state index contributed by atoms with van der Waals surface area (Å²) >= 11 is 0. The minimum Gasteiger partial charge on any atom is -0.497 e. The molecule has 2 nitrogen and oxygen atoms in total. The highest BCUT2D eigenvalue weighted by Crippen LogP contribution is 2.25. The van der Waals surface area contributed by atoms with Gasteiger partial charge in [0, 0.05) is 10.6 Å². The highest BCUT2D eigenvalue weighted by molar-refractivity contribution is 7.27. The zero-order chi connectivity index (χ0) is 14.4. The zero-order valence-corrected chi connectivity index (χ0v) is 13.9. The number of rotatable bonds is 5. The molecule has 0 spiro atoms. The molecule has 2 atom stereocenters. The molecular weight excluding hydrogens is 274 g/mol. The third kappa shape index (κ3) is 4.20. The second-order valence-corrected chi connectivity index (χ2v) is 5.17. The van der Waals surface area contributed by atoms with Crippen LogP contribution in [0, 0.1) is 0 Å². The molecule has 0 bridgehead atoms. The number of hydrogen-bond acceptors (Lipinski definition) is 2. The Bertz CT molecular complexity index is 531. The van der Waals surface area contributed by atoms with E-state index in [0.29, 0.717) is 5.76 Å². The predicted octanol–water partition coefficient (Wildman–Crippen LogP) is 3.52. The normalized spacial score (nSPS) is 12.3. The first-order valence-corrected chi connectivity index (χ1v) is 6.99. The van der Waals surface area contributed by atoms with Crippen molar-refractivity contribution in [2.24, 2.45) is 0 Å². The summed E-state index contributed by atoms with van der Waals surface area (Å²) in [5, 5.41) is 1.96. The summed E-state index contributed by atoms with van der Waals surface area (Å²) in [5.74, 6) is 1.50. The lowest BCUT2D eigenvalue weighted by molar-refractivity contribution is 0.307. The molecule has 0 heterocycles. The van der Waals surface area contributed by atoms with Gasteiger partial charge >= 0.3 is 0 Å². The van der Waals surface area contributed by atoms with Gasteiger partial charge in [-0.1, -0.05) is 18.7 Å². The van der Waals surface area contributed by atoms with E-state index in [0.717, 1.165) is 27.5 Å². The summed E-state index contributed by atoms with van der Waals surface area (Å²) in [4.78, 5) is 0. The van der Waals surface area contributed by atoms with E-state index >= 15 is 0 Å². The second-order valence-electron chi connectivity index (χ2n) is 3.93. The molecule has 0 amide bonds. The van der Waals surface area contributed by atoms with Crippen molar-refractivity contribution < 1.29 is 9.47 Å². The van der Waals surface area contributed by atoms with Gasteiger partial charge in [-0.3, -0.25) is 0 Å². The van der Waals surface area contributed by atoms with Gasteiger partial charge < -0.3 is 9.47 Å². The average Bonchev–Trinajstić information content (AvgIpc) is 2.43. The van der Waals surface area contributed by atoms with Gasteiger partial charge in [-0.2, -0.15) is 0 Å². The number of allylic oxidation sites excluding steroid dienone is 4. The Labute approximate surface area is 120 Å². The molecule has 0 saturated heterocycles. The molecule has 1 aromatic carbocycles. The molecule has 19 heavy (non-hydrogen) atoms. The van der Waals surface area contributed by atoms with E-state index in [9.17, 15) is 0 Å². The number of hydrogen-bond donors (Lipinski definition) is 0. The summed E-state index contributed by atoms with van der Waals surface area (Å²) < 4.78 is 10.4. The predicted molar refractivity (Wildman–Crippen MR) is 89.9 cm³/mol. The van der Waals surface area contributed by atoms with Crippen molar-refractivity contribution in [3.05, 3.63) is 53.6 Å². The molecule has 102 valence electrons. The molecule has 0 aromatic heterocycles. The van der Waals surface area contributed by atoms with Crippen LogP contribution in [0.4, 0.5) is 0 Å². The molecule has 0 aliphatic heterocycles. The SMILES string of the molecule is C=C(OC)/C(P)=C\C(=C/C)c1ccc(OC)c(P)c1. The Hall–Kier alpha value is -1.10. The van der Waals surface area contributed by atoms with Crippen molar-refractivity contribution in [3.63, 3.8) is 0 Å². The molecule has 0 fully saturated rings. The van der Waals surface area contributed by atoms with Crippen molar-refractivity contribution >= 4 is 29.4 Å². The van der Waals surface area contributed by atoms with Crippen LogP contribution >= 0.6 is 18.5 Å². The fourth-order valence-corrected chi connectivity index (χ4v) is 2.30. The van der Waals surface area contributed by atoms with E-state index in [1.165, 1.54) is 0 Å². The van der Waals surface area contributed by atoms with Crippen LogP contribution in [0.15, 0.2) is 48.0 Å². The van der Waals surface area contributed by atoms with Gasteiger partial charge in [0.1, 0.15) is 11.5 Å². The van der Waals surface area contributed by atoms with Crippen LogP contribution in [0.3, 0.4) is 0 Å². The number of ether oxygens (including phenoxy) is 2. The van der Waals surface area contributed by atoms with Crippen molar-refractivity contribution in [1.82, 2.24) is 0 Å². The van der Waals surface area contributed by atoms with Crippen molar-refractivity contribution in [2.75, 3.05) is 14.2 Å². The van der Waals surface area contributed by atoms with Crippen LogP contribution in [-0.2, 0) is 4.74 Å². The molecule has 0 N–H and O–H groups in total. The average molecular weight is 294 g/mol. The Morgan fingerprint density at radius 3 is 2.47 bits per heavy atom. The van der Waals surface area contributed by atoms with Crippen LogP contribution in [0.25, 0.3) is 5.57 Å².